The molecule has 0 radical (unpaired) electrons. The molecular formula is C21H25FN4OS. The number of ketones is 1. The Morgan fingerprint density at radius 3 is 2.93 bits per heavy atom. The lowest BCUT2D eigenvalue weighted by Gasteiger charge is -2.32. The second-order valence-electron chi connectivity index (χ2n) is 7.29. The van der Waals surface area contributed by atoms with Crippen LogP contribution in [-0.4, -0.2) is 26.3 Å². The summed E-state index contributed by atoms with van der Waals surface area (Å²) < 4.78 is 16.4. The molecule has 1 N–H and O–H groups in total. The van der Waals surface area contributed by atoms with Gasteiger partial charge in [0.05, 0.1) is 0 Å². The van der Waals surface area contributed by atoms with Crippen LogP contribution in [0.3, 0.4) is 0 Å². The summed E-state index contributed by atoms with van der Waals surface area (Å²) in [6, 6.07) is 6.08. The smallest absolute Gasteiger partial charge is 0.227 e. The minimum absolute atomic E-state index is 0.0666. The third-order valence-electron chi connectivity index (χ3n) is 5.28. The van der Waals surface area contributed by atoms with Gasteiger partial charge in [-0.3, -0.25) is 4.79 Å². The van der Waals surface area contributed by atoms with Gasteiger partial charge in [-0.25, -0.2) is 9.07 Å². The van der Waals surface area contributed by atoms with Crippen molar-refractivity contribution in [2.24, 2.45) is 0 Å². The van der Waals surface area contributed by atoms with Crippen LogP contribution in [0.1, 0.15) is 63.5 Å². The molecule has 1 aromatic heterocycles. The van der Waals surface area contributed by atoms with Crippen LogP contribution < -0.4 is 5.32 Å². The van der Waals surface area contributed by atoms with E-state index in [1.165, 1.54) is 25.3 Å². The molecule has 1 aromatic carbocycles. The Bertz CT molecular complexity index is 908. The molecule has 0 spiro atoms. The fraction of sp³-hybridized carbons (Fsp3) is 0.476. The van der Waals surface area contributed by atoms with Crippen LogP contribution in [0, 0.1) is 5.82 Å². The van der Waals surface area contributed by atoms with Crippen molar-refractivity contribution in [3.63, 3.8) is 0 Å². The van der Waals surface area contributed by atoms with Gasteiger partial charge in [-0.05, 0) is 25.3 Å². The number of thioether (sulfide) groups is 1. The minimum atomic E-state index is -0.554. The maximum absolute atomic E-state index is 14.7. The number of carbonyl (C=O) groups excluding carboxylic acids is 1. The Labute approximate surface area is 168 Å². The van der Waals surface area contributed by atoms with Crippen molar-refractivity contribution >= 4 is 23.5 Å². The SMILES string of the molecule is CCCCCCSc1nc2n(n1)[C@@H](c1ccccc1F)C1=C(CCCC1=O)N2. The first-order chi connectivity index (χ1) is 13.7. The molecule has 0 fully saturated rings. The van der Waals surface area contributed by atoms with Crippen LogP contribution in [-0.2, 0) is 4.79 Å². The summed E-state index contributed by atoms with van der Waals surface area (Å²) in [6.07, 6.45) is 6.86. The second-order valence-corrected chi connectivity index (χ2v) is 8.35. The van der Waals surface area contributed by atoms with E-state index >= 15 is 0 Å². The first-order valence-electron chi connectivity index (χ1n) is 10.1. The lowest BCUT2D eigenvalue weighted by Crippen LogP contribution is -2.32. The van der Waals surface area contributed by atoms with Crippen molar-refractivity contribution in [3.05, 3.63) is 46.9 Å². The van der Waals surface area contributed by atoms with E-state index in [-0.39, 0.29) is 11.6 Å². The molecule has 0 saturated heterocycles. The van der Waals surface area contributed by atoms with Crippen molar-refractivity contribution in [2.75, 3.05) is 11.1 Å². The lowest BCUT2D eigenvalue weighted by molar-refractivity contribution is -0.116. The van der Waals surface area contributed by atoms with Gasteiger partial charge in [-0.1, -0.05) is 56.1 Å². The summed E-state index contributed by atoms with van der Waals surface area (Å²) in [5.74, 6) is 1.30. The van der Waals surface area contributed by atoms with Crippen LogP contribution in [0.5, 0.6) is 0 Å². The number of Topliss-reactive ketones (excluding diaryl/α,β-unsaturated/α-hetero) is 1. The number of benzene rings is 1. The zero-order chi connectivity index (χ0) is 19.5. The molecule has 148 valence electrons. The maximum Gasteiger partial charge on any atom is 0.227 e. The van der Waals surface area contributed by atoms with Gasteiger partial charge in [-0.15, -0.1) is 5.10 Å². The molecule has 7 heteroatoms. The maximum atomic E-state index is 14.7. The Kier molecular flexibility index (Phi) is 5.80. The summed E-state index contributed by atoms with van der Waals surface area (Å²) in [7, 11) is 0. The van der Waals surface area contributed by atoms with Crippen molar-refractivity contribution in [1.82, 2.24) is 14.8 Å². The fourth-order valence-electron chi connectivity index (χ4n) is 3.87. The Morgan fingerprint density at radius 2 is 2.11 bits per heavy atom. The van der Waals surface area contributed by atoms with Crippen molar-refractivity contribution in [1.29, 1.82) is 0 Å². The molecule has 28 heavy (non-hydrogen) atoms. The van der Waals surface area contributed by atoms with Gasteiger partial charge >= 0.3 is 0 Å². The molecule has 2 aliphatic rings. The highest BCUT2D eigenvalue weighted by Gasteiger charge is 2.37. The minimum Gasteiger partial charge on any atom is -0.328 e. The normalized spacial score (nSPS) is 18.6. The van der Waals surface area contributed by atoms with Crippen LogP contribution in [0.25, 0.3) is 0 Å². The first-order valence-corrected chi connectivity index (χ1v) is 11.0. The highest BCUT2D eigenvalue weighted by Crippen LogP contribution is 2.41. The number of nitrogens with zero attached hydrogens (tertiary/aromatic N) is 3. The van der Waals surface area contributed by atoms with Gasteiger partial charge in [0.2, 0.25) is 11.1 Å². The fourth-order valence-corrected chi connectivity index (χ4v) is 4.70. The van der Waals surface area contributed by atoms with Gasteiger partial charge in [0.25, 0.3) is 0 Å². The van der Waals surface area contributed by atoms with Crippen LogP contribution in [0.4, 0.5) is 10.3 Å². The van der Waals surface area contributed by atoms with E-state index in [0.29, 0.717) is 28.7 Å². The Hall–Kier alpha value is -2.15. The summed E-state index contributed by atoms with van der Waals surface area (Å²) in [4.78, 5) is 17.4. The molecule has 1 aliphatic heterocycles. The largest absolute Gasteiger partial charge is 0.328 e. The Balaban J connectivity index is 1.66. The van der Waals surface area contributed by atoms with Crippen LogP contribution in [0.15, 0.2) is 40.7 Å². The number of halogens is 1. The number of hydrogen-bond acceptors (Lipinski definition) is 5. The standard InChI is InChI=1S/C21H25FN4OS/c1-2-3-4-7-13-28-21-24-20-23-16-11-8-12-17(27)18(16)19(26(20)25-21)14-9-5-6-10-15(14)22/h5-6,9-10,19H,2-4,7-8,11-13H2,1H3,(H,23,24,25)/t19-/m0/s1. The molecule has 0 bridgehead atoms. The predicted octanol–water partition coefficient (Wildman–Crippen LogP) is 5.11. The third kappa shape index (κ3) is 3.72. The zero-order valence-electron chi connectivity index (χ0n) is 16.1. The number of carbonyl (C=O) groups is 1. The van der Waals surface area contributed by atoms with Crippen LogP contribution in [0.2, 0.25) is 0 Å². The molecule has 0 unspecified atom stereocenters. The molecule has 1 aliphatic carbocycles. The summed E-state index contributed by atoms with van der Waals surface area (Å²) in [5, 5.41) is 8.61. The number of nitrogens with one attached hydrogen (secondary N) is 1. The van der Waals surface area contributed by atoms with Crippen molar-refractivity contribution < 1.29 is 9.18 Å². The molecule has 0 saturated carbocycles. The van der Waals surface area contributed by atoms with E-state index < -0.39 is 6.04 Å². The number of aromatic nitrogens is 3. The van der Waals surface area contributed by atoms with Gasteiger partial charge in [-0.2, -0.15) is 4.98 Å². The van der Waals surface area contributed by atoms with Gasteiger partial charge < -0.3 is 5.32 Å². The van der Waals surface area contributed by atoms with Gasteiger partial charge in [0.15, 0.2) is 5.78 Å². The monoisotopic (exact) mass is 400 g/mol. The average molecular weight is 401 g/mol. The molecule has 5 nitrogen and oxygen atoms in total. The van der Waals surface area contributed by atoms with E-state index in [2.05, 4.69) is 22.3 Å². The topological polar surface area (TPSA) is 59.8 Å². The molecule has 2 aromatic rings. The Morgan fingerprint density at radius 1 is 1.25 bits per heavy atom. The first kappa shape index (κ1) is 19.2. The molecule has 0 amide bonds. The predicted molar refractivity (Wildman–Crippen MR) is 109 cm³/mol. The van der Waals surface area contributed by atoms with Gasteiger partial charge in [0, 0.05) is 29.0 Å². The van der Waals surface area contributed by atoms with Crippen molar-refractivity contribution in [3.8, 4) is 0 Å². The summed E-state index contributed by atoms with van der Waals surface area (Å²) in [6.45, 7) is 2.20. The number of fused-ring (bicyclic) bond motifs is 1. The number of allylic oxidation sites excluding steroid dienone is 2. The average Bonchev–Trinajstić information content (AvgIpc) is 3.09. The highest BCUT2D eigenvalue weighted by atomic mass is 32.2. The number of anilines is 1. The lowest BCUT2D eigenvalue weighted by atomic mass is 9.85. The van der Waals surface area contributed by atoms with Crippen LogP contribution >= 0.6 is 11.8 Å². The van der Waals surface area contributed by atoms with E-state index in [0.717, 1.165) is 30.7 Å². The highest BCUT2D eigenvalue weighted by molar-refractivity contribution is 7.99. The number of unbranched alkanes of at least 4 members (excludes halogenated alkanes) is 3. The third-order valence-corrected chi connectivity index (χ3v) is 6.20. The number of hydrogen-bond donors (Lipinski definition) is 1. The number of rotatable bonds is 7. The quantitative estimate of drug-likeness (QED) is 0.517. The summed E-state index contributed by atoms with van der Waals surface area (Å²) >= 11 is 1.62. The van der Waals surface area contributed by atoms with E-state index in [9.17, 15) is 9.18 Å². The van der Waals surface area contributed by atoms with E-state index in [4.69, 9.17) is 0 Å². The summed E-state index contributed by atoms with van der Waals surface area (Å²) in [5.41, 5.74) is 1.97. The second kappa shape index (κ2) is 8.47. The van der Waals surface area contributed by atoms with E-state index in [1.54, 1.807) is 34.6 Å². The molecule has 2 heterocycles. The van der Waals surface area contributed by atoms with Crippen molar-refractivity contribution in [2.45, 2.75) is 63.1 Å². The molecule has 1 atom stereocenters. The van der Waals surface area contributed by atoms with Gasteiger partial charge in [0.1, 0.15) is 11.9 Å². The zero-order valence-corrected chi connectivity index (χ0v) is 16.9. The molecule has 4 rings (SSSR count). The molecular weight excluding hydrogens is 375 g/mol. The van der Waals surface area contributed by atoms with E-state index in [1.807, 2.05) is 0 Å².